The van der Waals surface area contributed by atoms with Gasteiger partial charge in [-0.2, -0.15) is 0 Å². The van der Waals surface area contributed by atoms with Crippen molar-refractivity contribution in [2.24, 2.45) is 0 Å². The SMILES string of the molecule is CNc1cc(N2CC[C@@H](O)C2)nc(C)n1. The zero-order chi connectivity index (χ0) is 10.8. The molecule has 1 aromatic heterocycles. The highest BCUT2D eigenvalue weighted by Crippen LogP contribution is 2.20. The minimum absolute atomic E-state index is 0.224. The Morgan fingerprint density at radius 1 is 1.53 bits per heavy atom. The molecule has 1 aliphatic heterocycles. The van der Waals surface area contributed by atoms with Crippen LogP contribution in [0.2, 0.25) is 0 Å². The Morgan fingerprint density at radius 2 is 2.33 bits per heavy atom. The van der Waals surface area contributed by atoms with Crippen molar-refractivity contribution in [3.05, 3.63) is 11.9 Å². The van der Waals surface area contributed by atoms with E-state index in [-0.39, 0.29) is 6.10 Å². The largest absolute Gasteiger partial charge is 0.391 e. The first kappa shape index (κ1) is 10.2. The number of aliphatic hydroxyl groups excluding tert-OH is 1. The average Bonchev–Trinajstić information content (AvgIpc) is 2.64. The van der Waals surface area contributed by atoms with Crippen LogP contribution in [0.25, 0.3) is 0 Å². The summed E-state index contributed by atoms with van der Waals surface area (Å²) in [5.41, 5.74) is 0. The lowest BCUT2D eigenvalue weighted by molar-refractivity contribution is 0.198. The van der Waals surface area contributed by atoms with E-state index in [9.17, 15) is 5.11 Å². The summed E-state index contributed by atoms with van der Waals surface area (Å²) in [6.07, 6.45) is 0.594. The van der Waals surface area contributed by atoms with Gasteiger partial charge in [0.25, 0.3) is 0 Å². The molecule has 0 amide bonds. The highest BCUT2D eigenvalue weighted by atomic mass is 16.3. The fourth-order valence-corrected chi connectivity index (χ4v) is 1.79. The van der Waals surface area contributed by atoms with Crippen molar-refractivity contribution in [3.8, 4) is 0 Å². The van der Waals surface area contributed by atoms with Gasteiger partial charge in [-0.1, -0.05) is 0 Å². The first-order valence-electron chi connectivity index (χ1n) is 5.15. The van der Waals surface area contributed by atoms with Gasteiger partial charge in [-0.3, -0.25) is 0 Å². The monoisotopic (exact) mass is 208 g/mol. The summed E-state index contributed by atoms with van der Waals surface area (Å²) in [4.78, 5) is 10.7. The molecule has 5 nitrogen and oxygen atoms in total. The van der Waals surface area contributed by atoms with Crippen LogP contribution in [0.5, 0.6) is 0 Å². The minimum atomic E-state index is -0.224. The van der Waals surface area contributed by atoms with Crippen LogP contribution < -0.4 is 10.2 Å². The summed E-state index contributed by atoms with van der Waals surface area (Å²) in [5, 5.41) is 12.5. The number of β-amino-alcohol motifs (C(OH)–C–C–N with tert-alkyl or cyclic N) is 1. The Kier molecular flexibility index (Phi) is 2.73. The maximum atomic E-state index is 9.46. The highest BCUT2D eigenvalue weighted by Gasteiger charge is 2.21. The zero-order valence-corrected chi connectivity index (χ0v) is 9.06. The quantitative estimate of drug-likeness (QED) is 0.736. The molecule has 1 aromatic rings. The average molecular weight is 208 g/mol. The number of hydrogen-bond donors (Lipinski definition) is 2. The summed E-state index contributed by atoms with van der Waals surface area (Å²) in [6.45, 7) is 3.40. The van der Waals surface area contributed by atoms with Crippen molar-refractivity contribution >= 4 is 11.6 Å². The van der Waals surface area contributed by atoms with E-state index in [4.69, 9.17) is 0 Å². The van der Waals surface area contributed by atoms with Crippen LogP contribution >= 0.6 is 0 Å². The number of aryl methyl sites for hydroxylation is 1. The second-order valence-corrected chi connectivity index (χ2v) is 3.80. The number of anilines is 2. The molecule has 0 radical (unpaired) electrons. The Labute approximate surface area is 89.2 Å². The van der Waals surface area contributed by atoms with Gasteiger partial charge in [0.1, 0.15) is 17.5 Å². The van der Waals surface area contributed by atoms with Crippen LogP contribution in [0.4, 0.5) is 11.6 Å². The molecule has 1 aliphatic rings. The van der Waals surface area contributed by atoms with Crippen LogP contribution in [0.1, 0.15) is 12.2 Å². The molecule has 1 saturated heterocycles. The normalized spacial score (nSPS) is 20.7. The molecule has 0 aromatic carbocycles. The van der Waals surface area contributed by atoms with E-state index < -0.39 is 0 Å². The molecule has 15 heavy (non-hydrogen) atoms. The predicted octanol–water partition coefficient (Wildman–Crippen LogP) is 0.398. The lowest BCUT2D eigenvalue weighted by Crippen LogP contribution is -2.22. The molecule has 82 valence electrons. The molecule has 5 heteroatoms. The van der Waals surface area contributed by atoms with E-state index in [1.807, 2.05) is 20.0 Å². The van der Waals surface area contributed by atoms with E-state index in [1.165, 1.54) is 0 Å². The van der Waals surface area contributed by atoms with Crippen molar-refractivity contribution in [2.45, 2.75) is 19.4 Å². The van der Waals surface area contributed by atoms with E-state index in [0.29, 0.717) is 6.54 Å². The maximum absolute atomic E-state index is 9.46. The molecular formula is C10H16N4O. The van der Waals surface area contributed by atoms with Gasteiger partial charge in [0.15, 0.2) is 0 Å². The molecule has 2 rings (SSSR count). The van der Waals surface area contributed by atoms with Crippen LogP contribution in [-0.4, -0.2) is 41.3 Å². The molecule has 0 saturated carbocycles. The first-order valence-corrected chi connectivity index (χ1v) is 5.15. The first-order chi connectivity index (χ1) is 7.19. The molecule has 1 fully saturated rings. The topological polar surface area (TPSA) is 61.3 Å². The summed E-state index contributed by atoms with van der Waals surface area (Å²) in [5.74, 6) is 2.46. The third-order valence-electron chi connectivity index (χ3n) is 2.57. The molecule has 0 aliphatic carbocycles. The highest BCUT2D eigenvalue weighted by molar-refractivity contribution is 5.49. The number of hydrogen-bond acceptors (Lipinski definition) is 5. The number of nitrogens with one attached hydrogen (secondary N) is 1. The number of aliphatic hydroxyl groups is 1. The van der Waals surface area contributed by atoms with Crippen molar-refractivity contribution in [2.75, 3.05) is 30.4 Å². The Balaban J connectivity index is 2.24. The molecular weight excluding hydrogens is 192 g/mol. The second-order valence-electron chi connectivity index (χ2n) is 3.80. The van der Waals surface area contributed by atoms with Gasteiger partial charge in [-0.25, -0.2) is 9.97 Å². The van der Waals surface area contributed by atoms with Gasteiger partial charge in [-0.05, 0) is 13.3 Å². The van der Waals surface area contributed by atoms with Crippen molar-refractivity contribution in [3.63, 3.8) is 0 Å². The smallest absolute Gasteiger partial charge is 0.134 e. The van der Waals surface area contributed by atoms with Crippen molar-refractivity contribution in [1.29, 1.82) is 0 Å². The van der Waals surface area contributed by atoms with E-state index >= 15 is 0 Å². The lowest BCUT2D eigenvalue weighted by atomic mass is 10.3. The standard InChI is InChI=1S/C10H16N4O/c1-7-12-9(11-2)5-10(13-7)14-4-3-8(15)6-14/h5,8,15H,3-4,6H2,1-2H3,(H,11,12,13)/t8-/m1/s1. The fraction of sp³-hybridized carbons (Fsp3) is 0.600. The van der Waals surface area contributed by atoms with Crippen LogP contribution in [0.3, 0.4) is 0 Å². The molecule has 0 unspecified atom stereocenters. The Bertz CT molecular complexity index is 355. The Morgan fingerprint density at radius 3 is 2.93 bits per heavy atom. The van der Waals surface area contributed by atoms with E-state index in [1.54, 1.807) is 0 Å². The van der Waals surface area contributed by atoms with Crippen LogP contribution in [0.15, 0.2) is 6.07 Å². The molecule has 1 atom stereocenters. The minimum Gasteiger partial charge on any atom is -0.391 e. The zero-order valence-electron chi connectivity index (χ0n) is 9.06. The molecule has 0 spiro atoms. The van der Waals surface area contributed by atoms with Gasteiger partial charge in [0, 0.05) is 26.2 Å². The van der Waals surface area contributed by atoms with Crippen molar-refractivity contribution in [1.82, 2.24) is 9.97 Å². The third-order valence-corrected chi connectivity index (χ3v) is 2.57. The van der Waals surface area contributed by atoms with Gasteiger partial charge in [0.2, 0.25) is 0 Å². The van der Waals surface area contributed by atoms with Gasteiger partial charge in [-0.15, -0.1) is 0 Å². The molecule has 2 heterocycles. The maximum Gasteiger partial charge on any atom is 0.134 e. The number of aromatic nitrogens is 2. The second kappa shape index (κ2) is 4.02. The van der Waals surface area contributed by atoms with E-state index in [0.717, 1.165) is 30.4 Å². The fourth-order valence-electron chi connectivity index (χ4n) is 1.79. The van der Waals surface area contributed by atoms with Gasteiger partial charge < -0.3 is 15.3 Å². The summed E-state index contributed by atoms with van der Waals surface area (Å²) >= 11 is 0. The molecule has 0 bridgehead atoms. The molecule has 2 N–H and O–H groups in total. The van der Waals surface area contributed by atoms with Gasteiger partial charge in [0.05, 0.1) is 6.10 Å². The third kappa shape index (κ3) is 2.18. The van der Waals surface area contributed by atoms with E-state index in [2.05, 4.69) is 20.2 Å². The van der Waals surface area contributed by atoms with Crippen molar-refractivity contribution < 1.29 is 5.11 Å². The number of rotatable bonds is 2. The summed E-state index contributed by atoms with van der Waals surface area (Å²) < 4.78 is 0. The van der Waals surface area contributed by atoms with Crippen LogP contribution in [0, 0.1) is 6.92 Å². The Hall–Kier alpha value is -1.36. The van der Waals surface area contributed by atoms with Crippen LogP contribution in [-0.2, 0) is 0 Å². The summed E-state index contributed by atoms with van der Waals surface area (Å²) in [6, 6.07) is 1.91. The van der Waals surface area contributed by atoms with Gasteiger partial charge >= 0.3 is 0 Å². The number of nitrogens with zero attached hydrogens (tertiary/aromatic N) is 3. The predicted molar refractivity (Wildman–Crippen MR) is 59.2 cm³/mol. The lowest BCUT2D eigenvalue weighted by Gasteiger charge is -2.17. The summed E-state index contributed by atoms with van der Waals surface area (Å²) in [7, 11) is 1.84.